The molecule has 1 fully saturated rings. The Balaban J connectivity index is 2.36. The highest BCUT2D eigenvalue weighted by Gasteiger charge is 2.33. The van der Waals surface area contributed by atoms with Crippen LogP contribution < -0.4 is 0 Å². The van der Waals surface area contributed by atoms with E-state index in [1.807, 2.05) is 0 Å². The summed E-state index contributed by atoms with van der Waals surface area (Å²) >= 11 is 5.67. The average Bonchev–Trinajstić information content (AvgIpc) is 2.58. The third-order valence-electron chi connectivity index (χ3n) is 2.28. The first-order chi connectivity index (χ1) is 6.62. The molecule has 1 aromatic carbocycles. The molecule has 1 saturated heterocycles. The van der Waals surface area contributed by atoms with Crippen molar-refractivity contribution in [2.75, 3.05) is 13.2 Å². The minimum absolute atomic E-state index is 0.0859. The van der Waals surface area contributed by atoms with Gasteiger partial charge in [0.15, 0.2) is 5.79 Å². The number of hydrogen-bond donors (Lipinski definition) is 0. The van der Waals surface area contributed by atoms with Gasteiger partial charge in [0.25, 0.3) is 0 Å². The molecule has 0 amide bonds. The van der Waals surface area contributed by atoms with Gasteiger partial charge < -0.3 is 9.47 Å². The van der Waals surface area contributed by atoms with Crippen molar-refractivity contribution in [3.05, 3.63) is 34.6 Å². The molecule has 0 unspecified atom stereocenters. The van der Waals surface area contributed by atoms with Gasteiger partial charge in [-0.05, 0) is 19.1 Å². The van der Waals surface area contributed by atoms with Crippen LogP contribution in [0.15, 0.2) is 18.2 Å². The first kappa shape index (κ1) is 9.90. The van der Waals surface area contributed by atoms with E-state index in [0.717, 1.165) is 5.56 Å². The minimum Gasteiger partial charge on any atom is -0.344 e. The molecule has 14 heavy (non-hydrogen) atoms. The van der Waals surface area contributed by atoms with Crippen molar-refractivity contribution in [2.24, 2.45) is 0 Å². The van der Waals surface area contributed by atoms with Crippen LogP contribution in [0.1, 0.15) is 12.5 Å². The maximum Gasteiger partial charge on any atom is 0.192 e. The van der Waals surface area contributed by atoms with Gasteiger partial charge in [-0.25, -0.2) is 4.39 Å². The quantitative estimate of drug-likeness (QED) is 0.719. The van der Waals surface area contributed by atoms with Crippen LogP contribution in [0.3, 0.4) is 0 Å². The van der Waals surface area contributed by atoms with Crippen molar-refractivity contribution in [2.45, 2.75) is 12.7 Å². The second-order valence-electron chi connectivity index (χ2n) is 3.27. The largest absolute Gasteiger partial charge is 0.344 e. The molecule has 76 valence electrons. The highest BCUT2D eigenvalue weighted by atomic mass is 35.5. The molecule has 0 saturated carbocycles. The third kappa shape index (κ3) is 1.63. The van der Waals surface area contributed by atoms with Crippen molar-refractivity contribution < 1.29 is 13.9 Å². The van der Waals surface area contributed by atoms with E-state index in [4.69, 9.17) is 21.1 Å². The van der Waals surface area contributed by atoms with E-state index in [9.17, 15) is 4.39 Å². The van der Waals surface area contributed by atoms with Gasteiger partial charge in [-0.15, -0.1) is 0 Å². The summed E-state index contributed by atoms with van der Waals surface area (Å²) in [5.41, 5.74) is 0.737. The maximum absolute atomic E-state index is 12.9. The number of ether oxygens (including phenoxy) is 2. The normalized spacial score (nSPS) is 19.9. The summed E-state index contributed by atoms with van der Waals surface area (Å²) in [7, 11) is 0. The molecule has 0 aromatic heterocycles. The van der Waals surface area contributed by atoms with Crippen LogP contribution in [-0.2, 0) is 15.3 Å². The molecule has 0 bridgehead atoms. The Morgan fingerprint density at radius 3 is 2.57 bits per heavy atom. The lowest BCUT2D eigenvalue weighted by molar-refractivity contribution is -0.149. The molecule has 0 N–H and O–H groups in total. The predicted octanol–water partition coefficient (Wildman–Crippen LogP) is 2.70. The number of hydrogen-bond acceptors (Lipinski definition) is 2. The van der Waals surface area contributed by atoms with Crippen molar-refractivity contribution in [3.63, 3.8) is 0 Å². The maximum atomic E-state index is 12.9. The molecule has 2 nitrogen and oxygen atoms in total. The Hall–Kier alpha value is -0.640. The smallest absolute Gasteiger partial charge is 0.192 e. The van der Waals surface area contributed by atoms with Crippen LogP contribution in [0.5, 0.6) is 0 Å². The molecule has 0 aliphatic carbocycles. The van der Waals surface area contributed by atoms with E-state index in [-0.39, 0.29) is 5.02 Å². The van der Waals surface area contributed by atoms with Crippen LogP contribution in [0.2, 0.25) is 5.02 Å². The summed E-state index contributed by atoms with van der Waals surface area (Å²) in [6.07, 6.45) is 0. The minimum atomic E-state index is -0.780. The lowest BCUT2D eigenvalue weighted by atomic mass is 10.1. The van der Waals surface area contributed by atoms with Crippen molar-refractivity contribution in [1.82, 2.24) is 0 Å². The van der Waals surface area contributed by atoms with Crippen LogP contribution >= 0.6 is 11.6 Å². The van der Waals surface area contributed by atoms with Crippen molar-refractivity contribution >= 4 is 11.6 Å². The summed E-state index contributed by atoms with van der Waals surface area (Å²) < 4.78 is 23.7. The highest BCUT2D eigenvalue weighted by Crippen LogP contribution is 2.32. The summed E-state index contributed by atoms with van der Waals surface area (Å²) in [5.74, 6) is -1.21. The standard InChI is InChI=1S/C10H10ClFO2/c1-10(13-4-5-14-10)7-2-3-9(12)8(11)6-7/h2-3,6H,4-5H2,1H3. The summed E-state index contributed by atoms with van der Waals surface area (Å²) in [6, 6.07) is 4.46. The van der Waals surface area contributed by atoms with E-state index in [0.29, 0.717) is 13.2 Å². The first-order valence-corrected chi connectivity index (χ1v) is 4.73. The first-order valence-electron chi connectivity index (χ1n) is 4.35. The number of benzene rings is 1. The van der Waals surface area contributed by atoms with Crippen LogP contribution in [0, 0.1) is 5.82 Å². The van der Waals surface area contributed by atoms with E-state index in [1.165, 1.54) is 12.1 Å². The fourth-order valence-electron chi connectivity index (χ4n) is 1.46. The monoisotopic (exact) mass is 216 g/mol. The second-order valence-corrected chi connectivity index (χ2v) is 3.68. The molecule has 0 spiro atoms. The molecular formula is C10H10ClFO2. The van der Waals surface area contributed by atoms with Gasteiger partial charge in [-0.2, -0.15) is 0 Å². The van der Waals surface area contributed by atoms with Gasteiger partial charge in [0.1, 0.15) is 5.82 Å². The lowest BCUT2D eigenvalue weighted by Gasteiger charge is -2.22. The SMILES string of the molecule is CC1(c2ccc(F)c(Cl)c2)OCCO1. The summed E-state index contributed by atoms with van der Waals surface area (Å²) in [5, 5.41) is 0.0859. The highest BCUT2D eigenvalue weighted by molar-refractivity contribution is 6.30. The molecule has 1 aromatic rings. The second kappa shape index (κ2) is 3.50. The summed E-state index contributed by atoms with van der Waals surface area (Å²) in [4.78, 5) is 0. The van der Waals surface area contributed by atoms with Gasteiger partial charge in [0.2, 0.25) is 0 Å². The van der Waals surface area contributed by atoms with E-state index < -0.39 is 11.6 Å². The molecule has 1 aliphatic rings. The number of rotatable bonds is 1. The van der Waals surface area contributed by atoms with Crippen LogP contribution in [0.25, 0.3) is 0 Å². The zero-order valence-electron chi connectivity index (χ0n) is 7.72. The lowest BCUT2D eigenvalue weighted by Crippen LogP contribution is -2.22. The molecule has 1 aliphatic heterocycles. The zero-order chi connectivity index (χ0) is 10.2. The van der Waals surface area contributed by atoms with Crippen LogP contribution in [0.4, 0.5) is 4.39 Å². The average molecular weight is 217 g/mol. The van der Waals surface area contributed by atoms with Crippen molar-refractivity contribution in [3.8, 4) is 0 Å². The Morgan fingerprint density at radius 2 is 2.00 bits per heavy atom. The topological polar surface area (TPSA) is 18.5 Å². The Labute approximate surface area is 86.6 Å². The Bertz CT molecular complexity index is 348. The number of halogens is 2. The van der Waals surface area contributed by atoms with E-state index in [2.05, 4.69) is 0 Å². The Morgan fingerprint density at radius 1 is 1.36 bits per heavy atom. The predicted molar refractivity (Wildman–Crippen MR) is 50.7 cm³/mol. The molecule has 2 rings (SSSR count). The van der Waals surface area contributed by atoms with E-state index >= 15 is 0 Å². The molecular weight excluding hydrogens is 207 g/mol. The molecule has 1 heterocycles. The Kier molecular flexibility index (Phi) is 2.47. The van der Waals surface area contributed by atoms with Gasteiger partial charge in [0.05, 0.1) is 18.2 Å². The molecule has 0 atom stereocenters. The van der Waals surface area contributed by atoms with Crippen molar-refractivity contribution in [1.29, 1.82) is 0 Å². The fraction of sp³-hybridized carbons (Fsp3) is 0.400. The zero-order valence-corrected chi connectivity index (χ0v) is 8.47. The van der Waals surface area contributed by atoms with Crippen LogP contribution in [-0.4, -0.2) is 13.2 Å². The fourth-order valence-corrected chi connectivity index (χ4v) is 1.64. The van der Waals surface area contributed by atoms with E-state index in [1.54, 1.807) is 13.0 Å². The molecule has 0 radical (unpaired) electrons. The third-order valence-corrected chi connectivity index (χ3v) is 2.57. The van der Waals surface area contributed by atoms with Gasteiger partial charge in [0, 0.05) is 5.56 Å². The summed E-state index contributed by atoms with van der Waals surface area (Å²) in [6.45, 7) is 2.89. The molecule has 4 heteroatoms. The van der Waals surface area contributed by atoms with Gasteiger partial charge in [-0.1, -0.05) is 17.7 Å². The van der Waals surface area contributed by atoms with Gasteiger partial charge >= 0.3 is 0 Å². The van der Waals surface area contributed by atoms with Gasteiger partial charge in [-0.3, -0.25) is 0 Å².